The molecule has 1 aromatic heterocycles. The van der Waals surface area contributed by atoms with Crippen LogP contribution in [0.2, 0.25) is 0 Å². The van der Waals surface area contributed by atoms with Gasteiger partial charge in [-0.2, -0.15) is 5.10 Å². The Bertz CT molecular complexity index is 938. The maximum Gasteiger partial charge on any atom is 0.326 e. The van der Waals surface area contributed by atoms with Crippen LogP contribution in [0.3, 0.4) is 0 Å². The first kappa shape index (κ1) is 21.2. The first-order valence-corrected chi connectivity index (χ1v) is 10.9. The SMILES string of the molecule is COc1cccc(OC)c1-c1cc(C(=O)NC(CC2CC2)C(=O)O)nn1C1CCCC1. The first-order valence-electron chi connectivity index (χ1n) is 10.9. The number of hydrogen-bond acceptors (Lipinski definition) is 5. The van der Waals surface area contributed by atoms with E-state index in [1.165, 1.54) is 0 Å². The van der Waals surface area contributed by atoms with E-state index in [2.05, 4.69) is 10.4 Å². The van der Waals surface area contributed by atoms with E-state index in [0.717, 1.165) is 49.8 Å². The molecule has 2 aliphatic carbocycles. The fourth-order valence-electron chi connectivity index (χ4n) is 4.36. The van der Waals surface area contributed by atoms with E-state index < -0.39 is 17.9 Å². The molecule has 0 bridgehead atoms. The van der Waals surface area contributed by atoms with Crippen molar-refractivity contribution >= 4 is 11.9 Å². The van der Waals surface area contributed by atoms with Crippen LogP contribution in [0.5, 0.6) is 11.5 Å². The normalized spacial score (nSPS) is 17.4. The lowest BCUT2D eigenvalue weighted by Crippen LogP contribution is -2.41. The van der Waals surface area contributed by atoms with Gasteiger partial charge in [-0.15, -0.1) is 0 Å². The highest BCUT2D eigenvalue weighted by Crippen LogP contribution is 2.42. The van der Waals surface area contributed by atoms with E-state index >= 15 is 0 Å². The molecule has 166 valence electrons. The van der Waals surface area contributed by atoms with Crippen LogP contribution in [0.4, 0.5) is 0 Å². The predicted molar refractivity (Wildman–Crippen MR) is 115 cm³/mol. The number of hydrogen-bond donors (Lipinski definition) is 2. The molecular formula is C23H29N3O5. The molecule has 2 aromatic rings. The highest BCUT2D eigenvalue weighted by Gasteiger charge is 2.32. The van der Waals surface area contributed by atoms with Gasteiger partial charge in [0.2, 0.25) is 0 Å². The molecular weight excluding hydrogens is 398 g/mol. The second kappa shape index (κ2) is 8.99. The zero-order valence-electron chi connectivity index (χ0n) is 18.0. The van der Waals surface area contributed by atoms with Gasteiger partial charge in [0.1, 0.15) is 17.5 Å². The number of nitrogens with one attached hydrogen (secondary N) is 1. The van der Waals surface area contributed by atoms with Crippen LogP contribution in [0.15, 0.2) is 24.3 Å². The summed E-state index contributed by atoms with van der Waals surface area (Å²) >= 11 is 0. The fraction of sp³-hybridized carbons (Fsp3) is 0.522. The summed E-state index contributed by atoms with van der Waals surface area (Å²) in [4.78, 5) is 24.6. The Morgan fingerprint density at radius 1 is 1.16 bits per heavy atom. The summed E-state index contributed by atoms with van der Waals surface area (Å²) in [7, 11) is 3.19. The summed E-state index contributed by atoms with van der Waals surface area (Å²) in [6.07, 6.45) is 6.67. The van der Waals surface area contributed by atoms with Crippen molar-refractivity contribution in [3.8, 4) is 22.8 Å². The zero-order valence-corrected chi connectivity index (χ0v) is 18.0. The zero-order chi connectivity index (χ0) is 22.0. The van der Waals surface area contributed by atoms with Gasteiger partial charge in [0.25, 0.3) is 5.91 Å². The number of carboxylic acid groups (broad SMARTS) is 1. The minimum atomic E-state index is -1.01. The molecule has 0 saturated heterocycles. The number of methoxy groups -OCH3 is 2. The molecule has 8 heteroatoms. The number of amides is 1. The van der Waals surface area contributed by atoms with Crippen molar-refractivity contribution < 1.29 is 24.2 Å². The lowest BCUT2D eigenvalue weighted by Gasteiger charge is -2.18. The Labute approximate surface area is 181 Å². The van der Waals surface area contributed by atoms with Crippen LogP contribution < -0.4 is 14.8 Å². The summed E-state index contributed by atoms with van der Waals surface area (Å²) in [6.45, 7) is 0. The average molecular weight is 428 g/mol. The van der Waals surface area contributed by atoms with E-state index in [-0.39, 0.29) is 11.7 Å². The summed E-state index contributed by atoms with van der Waals surface area (Å²) in [5.41, 5.74) is 1.68. The second-order valence-corrected chi connectivity index (χ2v) is 8.38. The van der Waals surface area contributed by atoms with Gasteiger partial charge in [0.05, 0.1) is 31.5 Å². The second-order valence-electron chi connectivity index (χ2n) is 8.38. The Morgan fingerprint density at radius 2 is 1.81 bits per heavy atom. The van der Waals surface area contributed by atoms with Gasteiger partial charge in [-0.1, -0.05) is 31.7 Å². The minimum Gasteiger partial charge on any atom is -0.496 e. The third kappa shape index (κ3) is 4.52. The molecule has 8 nitrogen and oxygen atoms in total. The average Bonchev–Trinajstić information content (AvgIpc) is 3.25. The minimum absolute atomic E-state index is 0.174. The van der Waals surface area contributed by atoms with Crippen molar-refractivity contribution in [3.63, 3.8) is 0 Å². The molecule has 31 heavy (non-hydrogen) atoms. The van der Waals surface area contributed by atoms with Gasteiger partial charge in [-0.3, -0.25) is 9.48 Å². The molecule has 1 heterocycles. The van der Waals surface area contributed by atoms with Crippen molar-refractivity contribution in [3.05, 3.63) is 30.0 Å². The highest BCUT2D eigenvalue weighted by molar-refractivity contribution is 5.96. The van der Waals surface area contributed by atoms with Crippen molar-refractivity contribution in [1.82, 2.24) is 15.1 Å². The van der Waals surface area contributed by atoms with Crippen LogP contribution in [-0.2, 0) is 4.79 Å². The van der Waals surface area contributed by atoms with Gasteiger partial charge in [-0.05, 0) is 43.4 Å². The molecule has 2 fully saturated rings. The molecule has 0 aliphatic heterocycles. The number of benzene rings is 1. The van der Waals surface area contributed by atoms with Crippen molar-refractivity contribution in [2.75, 3.05) is 14.2 Å². The smallest absolute Gasteiger partial charge is 0.326 e. The molecule has 2 saturated carbocycles. The van der Waals surface area contributed by atoms with Crippen LogP contribution in [-0.4, -0.2) is 47.0 Å². The largest absolute Gasteiger partial charge is 0.496 e. The van der Waals surface area contributed by atoms with Gasteiger partial charge < -0.3 is 19.9 Å². The standard InChI is InChI=1S/C23H29N3O5/c1-30-19-8-5-9-20(31-2)21(19)18-13-16(25-26(18)15-6-3-4-7-15)22(27)24-17(23(28)29)12-14-10-11-14/h5,8-9,13-15,17H,3-4,6-7,10-12H2,1-2H3,(H,24,27)(H,28,29). The third-order valence-corrected chi connectivity index (χ3v) is 6.19. The summed E-state index contributed by atoms with van der Waals surface area (Å²) in [5, 5.41) is 16.8. The number of rotatable bonds is 9. The van der Waals surface area contributed by atoms with Gasteiger partial charge >= 0.3 is 5.97 Å². The van der Waals surface area contributed by atoms with E-state index in [4.69, 9.17) is 9.47 Å². The maximum absolute atomic E-state index is 13.0. The molecule has 0 spiro atoms. The Hall–Kier alpha value is -3.03. The number of aromatic nitrogens is 2. The lowest BCUT2D eigenvalue weighted by atomic mass is 10.1. The van der Waals surface area contributed by atoms with Crippen LogP contribution in [0, 0.1) is 5.92 Å². The van der Waals surface area contributed by atoms with Crippen LogP contribution in [0.25, 0.3) is 11.3 Å². The Balaban J connectivity index is 1.71. The van der Waals surface area contributed by atoms with Crippen molar-refractivity contribution in [2.45, 2.75) is 57.0 Å². The number of ether oxygens (including phenoxy) is 2. The first-order chi connectivity index (χ1) is 15.0. The summed E-state index contributed by atoms with van der Waals surface area (Å²) in [6, 6.07) is 6.53. The van der Waals surface area contributed by atoms with Gasteiger partial charge in [0.15, 0.2) is 5.69 Å². The molecule has 2 N–H and O–H groups in total. The maximum atomic E-state index is 13.0. The topological polar surface area (TPSA) is 103 Å². The van der Waals surface area contributed by atoms with Crippen molar-refractivity contribution in [1.29, 1.82) is 0 Å². The van der Waals surface area contributed by atoms with E-state index in [1.54, 1.807) is 20.3 Å². The summed E-state index contributed by atoms with van der Waals surface area (Å²) < 4.78 is 13.0. The van der Waals surface area contributed by atoms with Gasteiger partial charge in [-0.25, -0.2) is 4.79 Å². The predicted octanol–water partition coefficient (Wildman–Crippen LogP) is 3.67. The Morgan fingerprint density at radius 3 is 2.35 bits per heavy atom. The molecule has 1 amide bonds. The van der Waals surface area contributed by atoms with E-state index in [1.807, 2.05) is 22.9 Å². The fourth-order valence-corrected chi connectivity index (χ4v) is 4.36. The van der Waals surface area contributed by atoms with Crippen LogP contribution >= 0.6 is 0 Å². The Kier molecular flexibility index (Phi) is 6.15. The quantitative estimate of drug-likeness (QED) is 0.633. The van der Waals surface area contributed by atoms with Crippen LogP contribution in [0.1, 0.15) is 61.5 Å². The number of carbonyl (C=O) groups is 2. The van der Waals surface area contributed by atoms with E-state index in [0.29, 0.717) is 23.8 Å². The lowest BCUT2D eigenvalue weighted by molar-refractivity contribution is -0.139. The number of carbonyl (C=O) groups excluding carboxylic acids is 1. The van der Waals surface area contributed by atoms with Gasteiger partial charge in [0, 0.05) is 0 Å². The summed E-state index contributed by atoms with van der Waals surface area (Å²) in [5.74, 6) is 0.151. The molecule has 0 radical (unpaired) electrons. The molecule has 1 aromatic carbocycles. The molecule has 1 unspecified atom stereocenters. The highest BCUT2D eigenvalue weighted by atomic mass is 16.5. The molecule has 4 rings (SSSR count). The van der Waals surface area contributed by atoms with Crippen molar-refractivity contribution in [2.24, 2.45) is 5.92 Å². The third-order valence-electron chi connectivity index (χ3n) is 6.19. The van der Waals surface area contributed by atoms with E-state index in [9.17, 15) is 14.7 Å². The number of carboxylic acids is 1. The number of nitrogens with zero attached hydrogens (tertiary/aromatic N) is 2. The molecule has 2 aliphatic rings. The monoisotopic (exact) mass is 427 g/mol. The number of aliphatic carboxylic acids is 1. The molecule has 1 atom stereocenters.